The normalized spacial score (nSPS) is 14.8. The van der Waals surface area contributed by atoms with Crippen molar-refractivity contribution >= 4 is 49.4 Å². The van der Waals surface area contributed by atoms with Crippen molar-refractivity contribution < 1.29 is 0 Å². The number of hydrogen-bond donors (Lipinski definition) is 0. The lowest BCUT2D eigenvalue weighted by Gasteiger charge is -2.28. The Morgan fingerprint density at radius 3 is 1.27 bits per heavy atom. The molecule has 0 atom stereocenters. The molecule has 8 aromatic carbocycles. The van der Waals surface area contributed by atoms with Crippen molar-refractivity contribution in [1.82, 2.24) is 0 Å². The second kappa shape index (κ2) is 10.4. The Labute approximate surface area is 300 Å². The molecule has 0 spiro atoms. The molecule has 0 unspecified atom stereocenters. The van der Waals surface area contributed by atoms with Gasteiger partial charge in [-0.15, -0.1) is 0 Å². The zero-order chi connectivity index (χ0) is 34.8. The predicted molar refractivity (Wildman–Crippen MR) is 218 cm³/mol. The van der Waals surface area contributed by atoms with E-state index < -0.39 is 0 Å². The molecule has 1 heteroatoms. The molecule has 10 rings (SSSR count). The number of aryl methyl sites for hydroxylation is 2. The summed E-state index contributed by atoms with van der Waals surface area (Å²) in [5, 5.41) is 8.00. The molecule has 51 heavy (non-hydrogen) atoms. The van der Waals surface area contributed by atoms with Crippen molar-refractivity contribution in [2.75, 3.05) is 4.90 Å². The van der Waals surface area contributed by atoms with Gasteiger partial charge < -0.3 is 4.90 Å². The quantitative estimate of drug-likeness (QED) is 0.171. The molecule has 0 fully saturated rings. The Bertz CT molecular complexity index is 2730. The first-order valence-corrected chi connectivity index (χ1v) is 18.3. The lowest BCUT2D eigenvalue weighted by Crippen LogP contribution is -2.17. The van der Waals surface area contributed by atoms with Crippen LogP contribution in [-0.2, 0) is 10.8 Å². The Morgan fingerprint density at radius 2 is 0.745 bits per heavy atom. The predicted octanol–water partition coefficient (Wildman–Crippen LogP) is 13.8. The molecule has 0 saturated carbocycles. The van der Waals surface area contributed by atoms with Gasteiger partial charge in [0.2, 0.25) is 0 Å². The molecule has 246 valence electrons. The van der Waals surface area contributed by atoms with Gasteiger partial charge in [0.25, 0.3) is 0 Å². The SMILES string of the molecule is Cc1cccc(N(c2cccc(C)c2)c2ccc3c(c2)C(C)(C)c2cc4c(cc2-3)C(C)(C)c2cc3c5ccccc5c5ccccc5c3cc2-4)c1. The second-order valence-corrected chi connectivity index (χ2v) is 16.0. The highest BCUT2D eigenvalue weighted by Gasteiger charge is 2.42. The van der Waals surface area contributed by atoms with Crippen molar-refractivity contribution in [2.24, 2.45) is 0 Å². The van der Waals surface area contributed by atoms with Gasteiger partial charge in [-0.3, -0.25) is 0 Å². The number of fused-ring (bicyclic) bond motifs is 12. The van der Waals surface area contributed by atoms with E-state index in [1.807, 2.05) is 0 Å². The van der Waals surface area contributed by atoms with Crippen LogP contribution in [0.4, 0.5) is 17.1 Å². The highest BCUT2D eigenvalue weighted by molar-refractivity contribution is 6.26. The Morgan fingerprint density at radius 1 is 0.333 bits per heavy atom. The van der Waals surface area contributed by atoms with E-state index in [1.165, 1.54) is 105 Å². The van der Waals surface area contributed by atoms with Crippen LogP contribution in [0.2, 0.25) is 0 Å². The number of anilines is 3. The van der Waals surface area contributed by atoms with E-state index in [4.69, 9.17) is 0 Å². The molecule has 2 aliphatic rings. The summed E-state index contributed by atoms with van der Waals surface area (Å²) in [4.78, 5) is 2.41. The molecule has 0 bridgehead atoms. The summed E-state index contributed by atoms with van der Waals surface area (Å²) in [5.74, 6) is 0. The van der Waals surface area contributed by atoms with Gasteiger partial charge in [0, 0.05) is 27.9 Å². The van der Waals surface area contributed by atoms with Gasteiger partial charge in [-0.2, -0.15) is 0 Å². The molecule has 0 saturated heterocycles. The van der Waals surface area contributed by atoms with E-state index in [0.29, 0.717) is 0 Å². The van der Waals surface area contributed by atoms with Gasteiger partial charge in [-0.1, -0.05) is 107 Å². The maximum Gasteiger partial charge on any atom is 0.0465 e. The fraction of sp³-hybridized carbons (Fsp3) is 0.160. The van der Waals surface area contributed by atoms with Gasteiger partial charge in [0.05, 0.1) is 0 Å². The minimum Gasteiger partial charge on any atom is -0.310 e. The summed E-state index contributed by atoms with van der Waals surface area (Å²) < 4.78 is 0. The lowest BCUT2D eigenvalue weighted by molar-refractivity contribution is 0.652. The van der Waals surface area contributed by atoms with Crippen LogP contribution in [0.25, 0.3) is 54.6 Å². The molecule has 0 aromatic heterocycles. The van der Waals surface area contributed by atoms with E-state index in [1.54, 1.807) is 0 Å². The van der Waals surface area contributed by atoms with Crippen molar-refractivity contribution in [3.05, 3.63) is 173 Å². The fourth-order valence-electron chi connectivity index (χ4n) is 9.47. The van der Waals surface area contributed by atoms with Gasteiger partial charge in [0.1, 0.15) is 0 Å². The van der Waals surface area contributed by atoms with Crippen LogP contribution in [-0.4, -0.2) is 0 Å². The van der Waals surface area contributed by atoms with Gasteiger partial charge >= 0.3 is 0 Å². The van der Waals surface area contributed by atoms with E-state index >= 15 is 0 Å². The van der Waals surface area contributed by atoms with Crippen molar-refractivity contribution in [2.45, 2.75) is 52.4 Å². The van der Waals surface area contributed by atoms with Crippen LogP contribution in [0.3, 0.4) is 0 Å². The Kier molecular flexibility index (Phi) is 6.18. The number of benzene rings is 8. The minimum absolute atomic E-state index is 0.124. The molecule has 0 aliphatic heterocycles. The van der Waals surface area contributed by atoms with Crippen LogP contribution >= 0.6 is 0 Å². The first-order chi connectivity index (χ1) is 24.6. The van der Waals surface area contributed by atoms with Crippen LogP contribution < -0.4 is 4.90 Å². The zero-order valence-electron chi connectivity index (χ0n) is 30.2. The smallest absolute Gasteiger partial charge is 0.0465 e. The van der Waals surface area contributed by atoms with E-state index in [9.17, 15) is 0 Å². The van der Waals surface area contributed by atoms with Crippen molar-refractivity contribution in [1.29, 1.82) is 0 Å². The highest BCUT2D eigenvalue weighted by atomic mass is 15.1. The standard InChI is InChI=1S/C50H41N/c1-30-13-11-15-32(23-30)51(33-16-12-14-31(2)24-33)34-21-22-39-43-28-48-44(29-47(43)49(3,4)45(39)25-34)42-26-40-37-19-9-7-17-35(37)36-18-8-10-20-38(36)41(40)27-46(42)50(48,5)6/h7-29H,1-6H3. The van der Waals surface area contributed by atoms with Crippen molar-refractivity contribution in [3.63, 3.8) is 0 Å². The van der Waals surface area contributed by atoms with Crippen molar-refractivity contribution in [3.8, 4) is 22.3 Å². The third-order valence-electron chi connectivity index (χ3n) is 12.1. The largest absolute Gasteiger partial charge is 0.310 e. The minimum atomic E-state index is -0.159. The Balaban J connectivity index is 1.16. The van der Waals surface area contributed by atoms with Gasteiger partial charge in [0.15, 0.2) is 0 Å². The fourth-order valence-corrected chi connectivity index (χ4v) is 9.47. The maximum absolute atomic E-state index is 2.55. The molecular weight excluding hydrogens is 615 g/mol. The molecule has 0 amide bonds. The summed E-state index contributed by atoms with van der Waals surface area (Å²) in [5.41, 5.74) is 16.9. The molecule has 8 aromatic rings. The summed E-state index contributed by atoms with van der Waals surface area (Å²) in [6.45, 7) is 14.0. The average Bonchev–Trinajstić information content (AvgIpc) is 3.49. The van der Waals surface area contributed by atoms with Gasteiger partial charge in [-0.05, 0) is 162 Å². The summed E-state index contributed by atoms with van der Waals surface area (Å²) in [6, 6.07) is 52.8. The second-order valence-electron chi connectivity index (χ2n) is 16.0. The topological polar surface area (TPSA) is 3.24 Å². The molecule has 0 N–H and O–H groups in total. The van der Waals surface area contributed by atoms with E-state index in [0.717, 1.165) is 0 Å². The molecule has 1 nitrogen and oxygen atoms in total. The molecule has 0 radical (unpaired) electrons. The zero-order valence-corrected chi connectivity index (χ0v) is 30.2. The Hall–Kier alpha value is -5.66. The third-order valence-corrected chi connectivity index (χ3v) is 12.1. The van der Waals surface area contributed by atoms with Crippen LogP contribution in [0.1, 0.15) is 61.1 Å². The number of hydrogen-bond acceptors (Lipinski definition) is 1. The highest BCUT2D eigenvalue weighted by Crippen LogP contribution is 2.57. The van der Waals surface area contributed by atoms with E-state index in [2.05, 4.69) is 186 Å². The first kappa shape index (κ1) is 30.2. The lowest BCUT2D eigenvalue weighted by atomic mass is 9.79. The first-order valence-electron chi connectivity index (χ1n) is 18.3. The molecule has 0 heterocycles. The molecular formula is C50H41N. The molecule has 2 aliphatic carbocycles. The number of rotatable bonds is 3. The maximum atomic E-state index is 2.55. The summed E-state index contributed by atoms with van der Waals surface area (Å²) in [6.07, 6.45) is 0. The monoisotopic (exact) mass is 655 g/mol. The van der Waals surface area contributed by atoms with Crippen LogP contribution in [0.5, 0.6) is 0 Å². The van der Waals surface area contributed by atoms with E-state index in [-0.39, 0.29) is 10.8 Å². The summed E-state index contributed by atoms with van der Waals surface area (Å²) in [7, 11) is 0. The third kappa shape index (κ3) is 4.21. The van der Waals surface area contributed by atoms with Crippen LogP contribution in [0, 0.1) is 13.8 Å². The van der Waals surface area contributed by atoms with Gasteiger partial charge in [-0.25, -0.2) is 0 Å². The summed E-state index contributed by atoms with van der Waals surface area (Å²) >= 11 is 0. The number of nitrogens with zero attached hydrogens (tertiary/aromatic N) is 1. The average molecular weight is 656 g/mol. The van der Waals surface area contributed by atoms with Crippen LogP contribution in [0.15, 0.2) is 140 Å².